The Hall–Kier alpha value is -1.12. The summed E-state index contributed by atoms with van der Waals surface area (Å²) in [5, 5.41) is 3.72. The molecule has 1 aromatic rings. The number of aryl methyl sites for hydroxylation is 1. The third-order valence-corrected chi connectivity index (χ3v) is 5.76. The van der Waals surface area contributed by atoms with Crippen LogP contribution in [0, 0.1) is 0 Å². The van der Waals surface area contributed by atoms with E-state index in [1.54, 1.807) is 0 Å². The lowest BCUT2D eigenvalue weighted by atomic mass is 9.75. The van der Waals surface area contributed by atoms with Crippen LogP contribution in [0.4, 0.5) is 0 Å². The van der Waals surface area contributed by atoms with Crippen LogP contribution in [0.3, 0.4) is 0 Å². The fourth-order valence-corrected chi connectivity index (χ4v) is 3.18. The van der Waals surface area contributed by atoms with Crippen LogP contribution >= 0.6 is 11.6 Å². The van der Waals surface area contributed by atoms with Gasteiger partial charge in [-0.15, -0.1) is 0 Å². The van der Waals surface area contributed by atoms with Crippen LogP contribution in [0.15, 0.2) is 24.3 Å². The molecule has 6 nitrogen and oxygen atoms in total. The molecule has 2 atom stereocenters. The van der Waals surface area contributed by atoms with E-state index in [9.17, 15) is 4.79 Å². The second-order valence-corrected chi connectivity index (χ2v) is 8.76. The average Bonchev–Trinajstić information content (AvgIpc) is 2.83. The number of methoxy groups -OCH3 is 1. The van der Waals surface area contributed by atoms with Crippen LogP contribution < -0.4 is 11.1 Å². The average molecular weight is 411 g/mol. The first-order valence-electron chi connectivity index (χ1n) is 9.71. The minimum Gasteiger partial charge on any atom is -0.402 e. The number of carbonyl (C=O) groups is 1. The summed E-state index contributed by atoms with van der Waals surface area (Å²) in [4.78, 5) is 12.5. The SMILES string of the molecule is COCC(N)C(=O)N[C@@H](CCCc1ccc(Cl)cc1)B1OC(C)(C)C(C)(C)O1. The molecule has 0 radical (unpaired) electrons. The lowest BCUT2D eigenvalue weighted by Crippen LogP contribution is -2.53. The Labute approximate surface area is 173 Å². The minimum atomic E-state index is -0.730. The Morgan fingerprint density at radius 1 is 1.21 bits per heavy atom. The smallest absolute Gasteiger partial charge is 0.402 e. The maximum absolute atomic E-state index is 12.5. The zero-order chi connectivity index (χ0) is 20.9. The molecule has 1 saturated heterocycles. The summed E-state index contributed by atoms with van der Waals surface area (Å²) in [7, 11) is 0.985. The minimum absolute atomic E-state index is 0.159. The molecule has 0 saturated carbocycles. The van der Waals surface area contributed by atoms with Crippen LogP contribution in [-0.2, 0) is 25.3 Å². The van der Waals surface area contributed by atoms with Crippen molar-refractivity contribution in [3.8, 4) is 0 Å². The van der Waals surface area contributed by atoms with Crippen molar-refractivity contribution in [2.24, 2.45) is 5.73 Å². The normalized spacial score (nSPS) is 20.0. The quantitative estimate of drug-likeness (QED) is 0.612. The standard InChI is InChI=1S/C20H32BClN2O4/c1-19(2)20(3,4)28-21(27-19)17(24-18(25)16(23)13-26-5)8-6-7-14-9-11-15(22)12-10-14/h9-12,16-17H,6-8,13,23H2,1-5H3,(H,24,25)/t16?,17-/m0/s1. The van der Waals surface area contributed by atoms with Crippen molar-refractivity contribution >= 4 is 24.6 Å². The van der Waals surface area contributed by atoms with E-state index in [1.807, 2.05) is 52.0 Å². The van der Waals surface area contributed by atoms with Gasteiger partial charge in [0.15, 0.2) is 0 Å². The highest BCUT2D eigenvalue weighted by molar-refractivity contribution is 6.48. The maximum atomic E-state index is 12.5. The highest BCUT2D eigenvalue weighted by Gasteiger charge is 2.54. The Kier molecular flexibility index (Phi) is 7.93. The number of carbonyl (C=O) groups excluding carboxylic acids is 1. The molecular formula is C20H32BClN2O4. The van der Waals surface area contributed by atoms with Crippen molar-refractivity contribution < 1.29 is 18.8 Å². The predicted molar refractivity (Wildman–Crippen MR) is 112 cm³/mol. The van der Waals surface area contributed by atoms with Crippen LogP contribution in [0.5, 0.6) is 0 Å². The highest BCUT2D eigenvalue weighted by Crippen LogP contribution is 2.38. The molecule has 28 heavy (non-hydrogen) atoms. The van der Waals surface area contributed by atoms with Crippen molar-refractivity contribution in [1.29, 1.82) is 0 Å². The van der Waals surface area contributed by atoms with E-state index in [-0.39, 0.29) is 18.5 Å². The number of benzene rings is 1. The number of rotatable bonds is 9. The van der Waals surface area contributed by atoms with Gasteiger partial charge in [0.25, 0.3) is 0 Å². The number of nitrogens with one attached hydrogen (secondary N) is 1. The van der Waals surface area contributed by atoms with Gasteiger partial charge in [0.2, 0.25) is 5.91 Å². The molecule has 156 valence electrons. The molecule has 1 unspecified atom stereocenters. The Bertz CT molecular complexity index is 638. The second-order valence-electron chi connectivity index (χ2n) is 8.32. The van der Waals surface area contributed by atoms with E-state index < -0.39 is 24.4 Å². The van der Waals surface area contributed by atoms with Crippen LogP contribution in [0.25, 0.3) is 0 Å². The van der Waals surface area contributed by atoms with E-state index in [1.165, 1.54) is 12.7 Å². The monoisotopic (exact) mass is 410 g/mol. The third kappa shape index (κ3) is 5.94. The number of halogens is 1. The van der Waals surface area contributed by atoms with E-state index >= 15 is 0 Å². The molecule has 0 aromatic heterocycles. The molecule has 1 heterocycles. The fraction of sp³-hybridized carbons (Fsp3) is 0.650. The summed E-state index contributed by atoms with van der Waals surface area (Å²) in [6.45, 7) is 8.14. The van der Waals surface area contributed by atoms with E-state index in [0.29, 0.717) is 6.42 Å². The van der Waals surface area contributed by atoms with Gasteiger partial charge < -0.3 is 25.1 Å². The first-order valence-corrected chi connectivity index (χ1v) is 10.1. The predicted octanol–water partition coefficient (Wildman–Crippen LogP) is 2.75. The van der Waals surface area contributed by atoms with Gasteiger partial charge in [-0.3, -0.25) is 4.79 Å². The molecule has 1 aliphatic heterocycles. The Morgan fingerprint density at radius 3 is 2.32 bits per heavy atom. The van der Waals surface area contributed by atoms with E-state index in [2.05, 4.69) is 5.32 Å². The summed E-state index contributed by atoms with van der Waals surface area (Å²) in [6.07, 6.45) is 2.42. The van der Waals surface area contributed by atoms with Gasteiger partial charge in [-0.2, -0.15) is 0 Å². The summed E-state index contributed by atoms with van der Waals surface area (Å²) < 4.78 is 17.3. The third-order valence-electron chi connectivity index (χ3n) is 5.50. The zero-order valence-electron chi connectivity index (χ0n) is 17.5. The molecule has 1 amide bonds. The van der Waals surface area contributed by atoms with Crippen LogP contribution in [0.1, 0.15) is 46.1 Å². The lowest BCUT2D eigenvalue weighted by molar-refractivity contribution is -0.123. The largest absolute Gasteiger partial charge is 0.481 e. The number of nitrogens with two attached hydrogens (primary N) is 1. The van der Waals surface area contributed by atoms with E-state index in [4.69, 9.17) is 31.4 Å². The number of ether oxygens (including phenoxy) is 1. The fourth-order valence-electron chi connectivity index (χ4n) is 3.05. The van der Waals surface area contributed by atoms with Crippen LogP contribution in [-0.4, -0.2) is 49.9 Å². The zero-order valence-corrected chi connectivity index (χ0v) is 18.2. The van der Waals surface area contributed by atoms with Crippen molar-refractivity contribution in [2.75, 3.05) is 13.7 Å². The summed E-state index contributed by atoms with van der Waals surface area (Å²) in [5.74, 6) is -0.572. The molecule has 1 fully saturated rings. The Morgan fingerprint density at radius 2 is 1.79 bits per heavy atom. The lowest BCUT2D eigenvalue weighted by Gasteiger charge is -2.32. The van der Waals surface area contributed by atoms with Gasteiger partial charge in [-0.05, 0) is 64.7 Å². The van der Waals surface area contributed by atoms with Crippen LogP contribution in [0.2, 0.25) is 5.02 Å². The first kappa shape index (κ1) is 23.2. The van der Waals surface area contributed by atoms with Gasteiger partial charge in [-0.25, -0.2) is 0 Å². The molecule has 2 rings (SSSR count). The Balaban J connectivity index is 2.03. The number of hydrogen-bond acceptors (Lipinski definition) is 5. The summed E-state index contributed by atoms with van der Waals surface area (Å²) in [6, 6.07) is 7.06. The molecule has 0 bridgehead atoms. The molecule has 8 heteroatoms. The topological polar surface area (TPSA) is 82.8 Å². The van der Waals surface area contributed by atoms with Crippen molar-refractivity contribution in [3.63, 3.8) is 0 Å². The van der Waals surface area contributed by atoms with Gasteiger partial charge in [0.05, 0.1) is 23.8 Å². The van der Waals surface area contributed by atoms with Crippen molar-refractivity contribution in [1.82, 2.24) is 5.32 Å². The number of amides is 1. The first-order chi connectivity index (χ1) is 13.1. The summed E-state index contributed by atoms with van der Waals surface area (Å²) >= 11 is 5.95. The molecule has 1 aliphatic rings. The molecular weight excluding hydrogens is 378 g/mol. The van der Waals surface area contributed by atoms with Crippen molar-refractivity contribution in [3.05, 3.63) is 34.9 Å². The molecule has 1 aromatic carbocycles. The second kappa shape index (κ2) is 9.59. The highest BCUT2D eigenvalue weighted by atomic mass is 35.5. The van der Waals surface area contributed by atoms with Gasteiger partial charge >= 0.3 is 7.12 Å². The van der Waals surface area contributed by atoms with Gasteiger partial charge in [-0.1, -0.05) is 23.7 Å². The number of hydrogen-bond donors (Lipinski definition) is 2. The maximum Gasteiger partial charge on any atom is 0.481 e. The molecule has 0 aliphatic carbocycles. The van der Waals surface area contributed by atoms with Gasteiger partial charge in [0, 0.05) is 12.1 Å². The van der Waals surface area contributed by atoms with Crippen molar-refractivity contribution in [2.45, 2.75) is 70.1 Å². The molecule has 0 spiro atoms. The summed E-state index contributed by atoms with van der Waals surface area (Å²) in [5.41, 5.74) is 6.14. The van der Waals surface area contributed by atoms with Gasteiger partial charge in [0.1, 0.15) is 6.04 Å². The van der Waals surface area contributed by atoms with E-state index in [0.717, 1.165) is 17.9 Å². The molecule has 3 N–H and O–H groups in total.